The van der Waals surface area contributed by atoms with Crippen LogP contribution in [0, 0.1) is 0 Å². The lowest BCUT2D eigenvalue weighted by atomic mass is 9.98. The van der Waals surface area contributed by atoms with Crippen molar-refractivity contribution in [2.24, 2.45) is 0 Å². The van der Waals surface area contributed by atoms with Gasteiger partial charge in [0.15, 0.2) is 0 Å². The molecule has 2 aromatic carbocycles. The second kappa shape index (κ2) is 8.64. The standard InChI is InChI=1S/C21H25ClN2O3S/c1-3-15(2)16-6-9-18(10-7-16)23-21(25)17-8-11-19(22)20(14-17)28(26,27)24-12-4-5-13-24/h6-11,14-15H,3-5,12-13H2,1-2H3,(H,23,25)/t15-/m1/s1. The molecule has 1 amide bonds. The Morgan fingerprint density at radius 2 is 1.79 bits per heavy atom. The maximum absolute atomic E-state index is 12.8. The van der Waals surface area contributed by atoms with E-state index in [0.29, 0.717) is 24.7 Å². The number of carbonyl (C=O) groups is 1. The van der Waals surface area contributed by atoms with E-state index in [2.05, 4.69) is 19.2 Å². The highest BCUT2D eigenvalue weighted by molar-refractivity contribution is 7.89. The van der Waals surface area contributed by atoms with Crippen molar-refractivity contribution in [3.05, 3.63) is 58.6 Å². The minimum atomic E-state index is -3.69. The maximum Gasteiger partial charge on any atom is 0.255 e. The molecule has 1 N–H and O–H groups in total. The zero-order valence-corrected chi connectivity index (χ0v) is 17.7. The van der Waals surface area contributed by atoms with Gasteiger partial charge in [0.25, 0.3) is 5.91 Å². The Morgan fingerprint density at radius 1 is 1.14 bits per heavy atom. The smallest absolute Gasteiger partial charge is 0.255 e. The van der Waals surface area contributed by atoms with Crippen molar-refractivity contribution in [2.45, 2.75) is 43.9 Å². The van der Waals surface area contributed by atoms with Gasteiger partial charge in [-0.15, -0.1) is 0 Å². The second-order valence-corrected chi connectivity index (χ2v) is 9.46. The molecule has 28 heavy (non-hydrogen) atoms. The second-order valence-electron chi connectivity index (χ2n) is 7.14. The number of amides is 1. The number of hydrogen-bond donors (Lipinski definition) is 1. The fourth-order valence-electron chi connectivity index (χ4n) is 3.24. The van der Waals surface area contributed by atoms with Crippen molar-refractivity contribution < 1.29 is 13.2 Å². The molecule has 0 aliphatic carbocycles. The molecule has 0 spiro atoms. The highest BCUT2D eigenvalue weighted by Gasteiger charge is 2.29. The summed E-state index contributed by atoms with van der Waals surface area (Å²) in [5, 5.41) is 2.95. The van der Waals surface area contributed by atoms with Crippen LogP contribution in [0.15, 0.2) is 47.4 Å². The zero-order chi connectivity index (χ0) is 20.3. The fourth-order valence-corrected chi connectivity index (χ4v) is 5.26. The SMILES string of the molecule is CC[C@@H](C)c1ccc(NC(=O)c2ccc(Cl)c(S(=O)(=O)N3CCCC3)c2)cc1. The van der Waals surface area contributed by atoms with E-state index in [9.17, 15) is 13.2 Å². The van der Waals surface area contributed by atoms with E-state index in [0.717, 1.165) is 19.3 Å². The third-order valence-corrected chi connectivity index (χ3v) is 7.61. The summed E-state index contributed by atoms with van der Waals surface area (Å²) >= 11 is 6.15. The van der Waals surface area contributed by atoms with Gasteiger partial charge >= 0.3 is 0 Å². The molecule has 1 atom stereocenters. The topological polar surface area (TPSA) is 66.5 Å². The molecule has 1 heterocycles. The lowest BCUT2D eigenvalue weighted by Crippen LogP contribution is -2.28. The Labute approximate surface area is 171 Å². The van der Waals surface area contributed by atoms with Gasteiger partial charge in [-0.05, 0) is 61.1 Å². The van der Waals surface area contributed by atoms with Crippen molar-refractivity contribution >= 4 is 33.2 Å². The Hall–Kier alpha value is -1.89. The van der Waals surface area contributed by atoms with Crippen molar-refractivity contribution in [2.75, 3.05) is 18.4 Å². The number of halogens is 1. The van der Waals surface area contributed by atoms with Crippen LogP contribution in [0.3, 0.4) is 0 Å². The first-order chi connectivity index (χ1) is 13.3. The van der Waals surface area contributed by atoms with E-state index in [1.54, 1.807) is 0 Å². The summed E-state index contributed by atoms with van der Waals surface area (Å²) < 4.78 is 27.1. The summed E-state index contributed by atoms with van der Waals surface area (Å²) in [7, 11) is -3.69. The number of anilines is 1. The normalized spacial score (nSPS) is 16.1. The molecule has 7 heteroatoms. The van der Waals surface area contributed by atoms with Gasteiger partial charge < -0.3 is 5.32 Å². The quantitative estimate of drug-likeness (QED) is 0.723. The van der Waals surface area contributed by atoms with Crippen LogP contribution in [0.1, 0.15) is 54.9 Å². The monoisotopic (exact) mass is 420 g/mol. The first kappa shape index (κ1) is 20.8. The first-order valence-corrected chi connectivity index (χ1v) is 11.4. The number of nitrogens with one attached hydrogen (secondary N) is 1. The van der Waals surface area contributed by atoms with Gasteiger partial charge in [-0.3, -0.25) is 4.79 Å². The minimum Gasteiger partial charge on any atom is -0.322 e. The molecule has 5 nitrogen and oxygen atoms in total. The molecule has 1 aliphatic rings. The summed E-state index contributed by atoms with van der Waals surface area (Å²) in [6, 6.07) is 12.1. The summed E-state index contributed by atoms with van der Waals surface area (Å²) in [5.74, 6) is 0.0881. The highest BCUT2D eigenvalue weighted by atomic mass is 35.5. The van der Waals surface area contributed by atoms with E-state index in [4.69, 9.17) is 11.6 Å². The predicted molar refractivity (Wildman–Crippen MR) is 113 cm³/mol. The molecule has 0 saturated carbocycles. The molecule has 3 rings (SSSR count). The molecule has 1 aliphatic heterocycles. The zero-order valence-electron chi connectivity index (χ0n) is 16.1. The lowest BCUT2D eigenvalue weighted by molar-refractivity contribution is 0.102. The van der Waals surface area contributed by atoms with Crippen LogP contribution < -0.4 is 5.32 Å². The average molecular weight is 421 g/mol. The minimum absolute atomic E-state index is 0.0177. The fraction of sp³-hybridized carbons (Fsp3) is 0.381. The van der Waals surface area contributed by atoms with Crippen LogP contribution in [-0.4, -0.2) is 31.7 Å². The van der Waals surface area contributed by atoms with Gasteiger partial charge in [0.1, 0.15) is 4.90 Å². The molecule has 1 fully saturated rings. The number of rotatable bonds is 6. The van der Waals surface area contributed by atoms with Gasteiger partial charge in [0, 0.05) is 24.3 Å². The molecular weight excluding hydrogens is 396 g/mol. The Balaban J connectivity index is 1.81. The lowest BCUT2D eigenvalue weighted by Gasteiger charge is -2.17. The summed E-state index contributed by atoms with van der Waals surface area (Å²) in [5.41, 5.74) is 2.13. The summed E-state index contributed by atoms with van der Waals surface area (Å²) in [6.07, 6.45) is 2.72. The molecule has 0 bridgehead atoms. The number of sulfonamides is 1. The molecule has 2 aromatic rings. The van der Waals surface area contributed by atoms with E-state index in [1.807, 2.05) is 24.3 Å². The number of carbonyl (C=O) groups excluding carboxylic acids is 1. The van der Waals surface area contributed by atoms with Crippen molar-refractivity contribution in [3.8, 4) is 0 Å². The van der Waals surface area contributed by atoms with E-state index < -0.39 is 10.0 Å². The first-order valence-electron chi connectivity index (χ1n) is 9.54. The third-order valence-electron chi connectivity index (χ3n) is 5.23. The van der Waals surface area contributed by atoms with E-state index in [1.165, 1.54) is 28.1 Å². The number of nitrogens with zero attached hydrogens (tertiary/aromatic N) is 1. The van der Waals surface area contributed by atoms with E-state index in [-0.39, 0.29) is 21.4 Å². The molecule has 1 saturated heterocycles. The van der Waals surface area contributed by atoms with Gasteiger partial charge in [0.2, 0.25) is 10.0 Å². The molecule has 0 radical (unpaired) electrons. The van der Waals surface area contributed by atoms with Crippen LogP contribution >= 0.6 is 11.6 Å². The van der Waals surface area contributed by atoms with Crippen LogP contribution in [0.25, 0.3) is 0 Å². The molecular formula is C21H25ClN2O3S. The van der Waals surface area contributed by atoms with Crippen molar-refractivity contribution in [1.29, 1.82) is 0 Å². The van der Waals surface area contributed by atoms with Gasteiger partial charge in [-0.2, -0.15) is 4.31 Å². The Bertz CT molecular complexity index is 952. The third kappa shape index (κ3) is 4.40. The van der Waals surface area contributed by atoms with Crippen molar-refractivity contribution in [1.82, 2.24) is 4.31 Å². The van der Waals surface area contributed by atoms with Crippen LogP contribution in [0.4, 0.5) is 5.69 Å². The van der Waals surface area contributed by atoms with Crippen LogP contribution in [0.2, 0.25) is 5.02 Å². The van der Waals surface area contributed by atoms with Gasteiger partial charge in [-0.25, -0.2) is 8.42 Å². The van der Waals surface area contributed by atoms with E-state index >= 15 is 0 Å². The number of benzene rings is 2. The Morgan fingerprint density at radius 3 is 2.39 bits per heavy atom. The van der Waals surface area contributed by atoms with Crippen LogP contribution in [-0.2, 0) is 10.0 Å². The highest BCUT2D eigenvalue weighted by Crippen LogP contribution is 2.28. The summed E-state index contributed by atoms with van der Waals surface area (Å²) in [6.45, 7) is 5.26. The van der Waals surface area contributed by atoms with Gasteiger partial charge in [0.05, 0.1) is 5.02 Å². The molecule has 0 aromatic heterocycles. The van der Waals surface area contributed by atoms with Crippen molar-refractivity contribution in [3.63, 3.8) is 0 Å². The maximum atomic E-state index is 12.8. The van der Waals surface area contributed by atoms with Crippen LogP contribution in [0.5, 0.6) is 0 Å². The Kier molecular flexibility index (Phi) is 6.43. The molecule has 0 unspecified atom stereocenters. The number of hydrogen-bond acceptors (Lipinski definition) is 3. The summed E-state index contributed by atoms with van der Waals surface area (Å²) in [4.78, 5) is 12.6. The largest absolute Gasteiger partial charge is 0.322 e. The predicted octanol–water partition coefficient (Wildman–Crippen LogP) is 4.89. The molecule has 150 valence electrons. The van der Waals surface area contributed by atoms with Gasteiger partial charge in [-0.1, -0.05) is 37.6 Å². The average Bonchev–Trinajstić information content (AvgIpc) is 3.24.